The highest BCUT2D eigenvalue weighted by atomic mass is 32.2. The number of rotatable bonds is 4. The second kappa shape index (κ2) is 5.72. The summed E-state index contributed by atoms with van der Waals surface area (Å²) in [5.74, 6) is -0.581. The molecule has 1 amide bonds. The van der Waals surface area contributed by atoms with Crippen LogP contribution in [0.2, 0.25) is 0 Å². The van der Waals surface area contributed by atoms with Crippen molar-refractivity contribution in [2.24, 2.45) is 0 Å². The number of nitrogen functional groups attached to an aromatic ring is 1. The van der Waals surface area contributed by atoms with E-state index in [2.05, 4.69) is 0 Å². The molecule has 6 nitrogen and oxygen atoms in total. The third-order valence-corrected chi connectivity index (χ3v) is 4.77. The Morgan fingerprint density at radius 2 is 1.90 bits per heavy atom. The van der Waals surface area contributed by atoms with Crippen molar-refractivity contribution in [3.63, 3.8) is 0 Å². The van der Waals surface area contributed by atoms with Gasteiger partial charge in [0.15, 0.2) is 9.84 Å². The zero-order valence-electron chi connectivity index (χ0n) is 11.4. The maximum absolute atomic E-state index is 12.2. The summed E-state index contributed by atoms with van der Waals surface area (Å²) in [6, 6.07) is 0. The molecule has 120 valence electrons. The minimum atomic E-state index is -4.53. The number of hydrogen-bond donors (Lipinski definition) is 2. The maximum Gasteiger partial charge on any atom is 0.405 e. The number of carbonyl (C=O) groups excluding carboxylic acids is 1. The van der Waals surface area contributed by atoms with Crippen LogP contribution in [0.15, 0.2) is 4.90 Å². The molecule has 11 heteroatoms. The summed E-state index contributed by atoms with van der Waals surface area (Å²) in [6.45, 7) is -1.43. The predicted octanol–water partition coefficient (Wildman–Crippen LogP) is 1.41. The molecule has 0 radical (unpaired) electrons. The lowest BCUT2D eigenvalue weighted by Crippen LogP contribution is -2.21. The van der Waals surface area contributed by atoms with Crippen molar-refractivity contribution in [1.29, 1.82) is 0 Å². The van der Waals surface area contributed by atoms with Gasteiger partial charge in [0.2, 0.25) is 0 Å². The van der Waals surface area contributed by atoms with Crippen LogP contribution in [-0.2, 0) is 9.84 Å². The number of carbonyl (C=O) groups is 1. The van der Waals surface area contributed by atoms with Gasteiger partial charge in [0, 0.05) is 20.4 Å². The van der Waals surface area contributed by atoms with Crippen LogP contribution in [0.1, 0.15) is 9.67 Å². The second-order valence-corrected chi connectivity index (χ2v) is 7.42. The highest BCUT2D eigenvalue weighted by Gasteiger charge is 2.31. The zero-order chi connectivity index (χ0) is 16.6. The average Bonchev–Trinajstić information content (AvgIpc) is 2.61. The predicted molar refractivity (Wildman–Crippen MR) is 74.4 cm³/mol. The fourth-order valence-corrected chi connectivity index (χ4v) is 4.04. The summed E-state index contributed by atoms with van der Waals surface area (Å²) < 4.78 is 60.1. The van der Waals surface area contributed by atoms with Crippen molar-refractivity contribution >= 4 is 37.8 Å². The van der Waals surface area contributed by atoms with E-state index >= 15 is 0 Å². The average molecular weight is 345 g/mol. The summed E-state index contributed by atoms with van der Waals surface area (Å²) in [4.78, 5) is 12.4. The van der Waals surface area contributed by atoms with Gasteiger partial charge in [-0.2, -0.15) is 13.2 Å². The van der Waals surface area contributed by atoms with Crippen molar-refractivity contribution in [3.05, 3.63) is 4.88 Å². The van der Waals surface area contributed by atoms with Crippen LogP contribution in [0.3, 0.4) is 0 Å². The van der Waals surface area contributed by atoms with Crippen molar-refractivity contribution < 1.29 is 26.4 Å². The molecule has 1 heterocycles. The summed E-state index contributed by atoms with van der Waals surface area (Å²) in [5, 5.41) is 1.68. The van der Waals surface area contributed by atoms with Crippen LogP contribution in [0.5, 0.6) is 0 Å². The fraction of sp³-hybridized carbons (Fsp3) is 0.500. The zero-order valence-corrected chi connectivity index (χ0v) is 13.0. The highest BCUT2D eigenvalue weighted by molar-refractivity contribution is 7.91. The van der Waals surface area contributed by atoms with Gasteiger partial charge >= 0.3 is 6.18 Å². The van der Waals surface area contributed by atoms with E-state index in [0.29, 0.717) is 11.3 Å². The van der Waals surface area contributed by atoms with Gasteiger partial charge in [0.05, 0.1) is 5.69 Å². The van der Waals surface area contributed by atoms with Gasteiger partial charge in [-0.05, 0) is 0 Å². The number of halogens is 3. The molecule has 0 aliphatic carbocycles. The van der Waals surface area contributed by atoms with Crippen LogP contribution in [0, 0.1) is 0 Å². The van der Waals surface area contributed by atoms with Gasteiger partial charge in [0.25, 0.3) is 5.91 Å². The smallest absolute Gasteiger partial charge is 0.396 e. The molecule has 0 spiro atoms. The summed E-state index contributed by atoms with van der Waals surface area (Å²) in [6.07, 6.45) is -3.71. The van der Waals surface area contributed by atoms with Crippen LogP contribution in [-0.4, -0.2) is 52.3 Å². The van der Waals surface area contributed by atoms with E-state index in [-0.39, 0.29) is 15.6 Å². The summed E-state index contributed by atoms with van der Waals surface area (Å²) in [5.41, 5.74) is 5.29. The highest BCUT2D eigenvalue weighted by Crippen LogP contribution is 2.40. The molecule has 0 fully saturated rings. The molecule has 1 rings (SSSR count). The van der Waals surface area contributed by atoms with E-state index in [1.807, 2.05) is 5.32 Å². The first-order valence-electron chi connectivity index (χ1n) is 5.49. The molecule has 0 saturated heterocycles. The normalized spacial score (nSPS) is 12.3. The number of nitrogens with one attached hydrogen (secondary N) is 1. The first kappa shape index (κ1) is 17.6. The largest absolute Gasteiger partial charge is 0.405 e. The molecule has 1 aromatic rings. The van der Waals surface area contributed by atoms with Crippen LogP contribution >= 0.6 is 11.3 Å². The minimum absolute atomic E-state index is 0.120. The number of hydrogen-bond acceptors (Lipinski definition) is 6. The van der Waals surface area contributed by atoms with E-state index in [1.165, 1.54) is 14.1 Å². The van der Waals surface area contributed by atoms with Crippen molar-refractivity contribution in [3.8, 4) is 0 Å². The third kappa shape index (κ3) is 4.24. The van der Waals surface area contributed by atoms with Gasteiger partial charge in [-0.3, -0.25) is 4.79 Å². The van der Waals surface area contributed by atoms with Crippen molar-refractivity contribution in [2.45, 2.75) is 11.1 Å². The SMILES string of the molecule is CN(C)C(=O)c1sc(NCC(F)(F)F)c(S(C)(=O)=O)c1N. The lowest BCUT2D eigenvalue weighted by molar-refractivity contribution is -0.115. The number of nitrogens with two attached hydrogens (primary N) is 1. The van der Waals surface area contributed by atoms with E-state index in [4.69, 9.17) is 5.73 Å². The standard InChI is InChI=1S/C10H14F3N3O3S2/c1-16(2)9(17)6-5(14)7(21(3,18)19)8(20-6)15-4-10(11,12)13/h15H,4,14H2,1-3H3. The lowest BCUT2D eigenvalue weighted by atomic mass is 10.3. The van der Waals surface area contributed by atoms with Crippen LogP contribution < -0.4 is 11.1 Å². The first-order chi connectivity index (χ1) is 9.34. The van der Waals surface area contributed by atoms with E-state index < -0.39 is 33.4 Å². The Hall–Kier alpha value is -1.49. The summed E-state index contributed by atoms with van der Waals surface area (Å²) >= 11 is 0.584. The Morgan fingerprint density at radius 1 is 1.38 bits per heavy atom. The number of alkyl halides is 3. The molecule has 21 heavy (non-hydrogen) atoms. The summed E-state index contributed by atoms with van der Waals surface area (Å²) in [7, 11) is -1.04. The van der Waals surface area contributed by atoms with Crippen molar-refractivity contribution in [2.75, 3.05) is 37.9 Å². The Labute approximate surface area is 123 Å². The number of anilines is 2. The molecular formula is C10H14F3N3O3S2. The van der Waals surface area contributed by atoms with E-state index in [0.717, 1.165) is 11.2 Å². The van der Waals surface area contributed by atoms with Gasteiger partial charge in [-0.25, -0.2) is 8.42 Å². The topological polar surface area (TPSA) is 92.5 Å². The number of sulfone groups is 1. The number of nitrogens with zero attached hydrogens (tertiary/aromatic N) is 1. The molecule has 0 aliphatic rings. The van der Waals surface area contributed by atoms with Gasteiger partial charge in [-0.15, -0.1) is 11.3 Å². The Morgan fingerprint density at radius 3 is 2.29 bits per heavy atom. The van der Waals surface area contributed by atoms with Crippen molar-refractivity contribution in [1.82, 2.24) is 4.90 Å². The molecule has 0 unspecified atom stereocenters. The molecule has 0 saturated carbocycles. The third-order valence-electron chi connectivity index (χ3n) is 2.32. The van der Waals surface area contributed by atoms with E-state index in [9.17, 15) is 26.4 Å². The Balaban J connectivity index is 3.36. The number of amides is 1. The van der Waals surface area contributed by atoms with Crippen LogP contribution in [0.25, 0.3) is 0 Å². The molecule has 0 aromatic carbocycles. The second-order valence-electron chi connectivity index (χ2n) is 4.44. The molecule has 1 aromatic heterocycles. The van der Waals surface area contributed by atoms with Gasteiger partial charge in [0.1, 0.15) is 21.3 Å². The van der Waals surface area contributed by atoms with E-state index in [1.54, 1.807) is 0 Å². The quantitative estimate of drug-likeness (QED) is 0.861. The van der Waals surface area contributed by atoms with Crippen LogP contribution in [0.4, 0.5) is 23.9 Å². The fourth-order valence-electron chi connectivity index (χ4n) is 1.46. The first-order valence-corrected chi connectivity index (χ1v) is 8.20. The Bertz CT molecular complexity index is 650. The molecule has 3 N–H and O–H groups in total. The van der Waals surface area contributed by atoms with Gasteiger partial charge < -0.3 is 16.0 Å². The maximum atomic E-state index is 12.2. The molecule has 0 bridgehead atoms. The van der Waals surface area contributed by atoms with Gasteiger partial charge in [-0.1, -0.05) is 0 Å². The molecular weight excluding hydrogens is 331 g/mol. The number of thiophene rings is 1. The lowest BCUT2D eigenvalue weighted by Gasteiger charge is -2.09. The molecule has 0 atom stereocenters. The Kier molecular flexibility index (Phi) is 4.78. The monoisotopic (exact) mass is 345 g/mol. The minimum Gasteiger partial charge on any atom is -0.396 e. The molecule has 0 aliphatic heterocycles.